The third-order valence-electron chi connectivity index (χ3n) is 6.16. The normalized spacial score (nSPS) is 11.8. The highest BCUT2D eigenvalue weighted by Gasteiger charge is 2.08. The Kier molecular flexibility index (Phi) is 23.1. The lowest BCUT2D eigenvalue weighted by Crippen LogP contribution is -2.36. The summed E-state index contributed by atoms with van der Waals surface area (Å²) in [6.07, 6.45) is 24.9. The molecule has 0 saturated carbocycles. The van der Waals surface area contributed by atoms with Crippen LogP contribution in [0.4, 0.5) is 0 Å². The molecule has 0 bridgehead atoms. The van der Waals surface area contributed by atoms with E-state index in [2.05, 4.69) is 33.4 Å². The van der Waals surface area contributed by atoms with Gasteiger partial charge in [-0.05, 0) is 12.8 Å². The molecule has 0 aromatic rings. The molecule has 0 saturated heterocycles. The Bertz CT molecular complexity index is 393. The van der Waals surface area contributed by atoms with Gasteiger partial charge in [-0.3, -0.25) is 4.79 Å². The Hall–Kier alpha value is -0.610. The molecule has 0 spiro atoms. The molecule has 192 valence electrons. The van der Waals surface area contributed by atoms with Gasteiger partial charge in [0.1, 0.15) is 0 Å². The molecular formula is C28H59N2O2+. The minimum Gasteiger partial charge on any atom is -0.381 e. The van der Waals surface area contributed by atoms with E-state index in [1.54, 1.807) is 0 Å². The third-order valence-corrected chi connectivity index (χ3v) is 6.16. The number of nitrogens with zero attached hydrogens (tertiary/aromatic N) is 1. The average Bonchev–Trinajstić information content (AvgIpc) is 2.74. The van der Waals surface area contributed by atoms with E-state index in [9.17, 15) is 4.79 Å². The van der Waals surface area contributed by atoms with Gasteiger partial charge in [-0.2, -0.15) is 0 Å². The van der Waals surface area contributed by atoms with Gasteiger partial charge in [0, 0.05) is 32.6 Å². The van der Waals surface area contributed by atoms with Crippen LogP contribution in [0.3, 0.4) is 0 Å². The van der Waals surface area contributed by atoms with E-state index in [-0.39, 0.29) is 5.91 Å². The van der Waals surface area contributed by atoms with Crippen molar-refractivity contribution in [2.45, 2.75) is 129 Å². The SMILES string of the molecule is CCCCCCCCCCCCCCCCCCOCCCNC(=O)CCC[N+](C)(C)C. The number of hydrogen-bond acceptors (Lipinski definition) is 2. The van der Waals surface area contributed by atoms with Crippen molar-refractivity contribution in [2.75, 3.05) is 47.4 Å². The van der Waals surface area contributed by atoms with Crippen LogP contribution in [-0.2, 0) is 9.53 Å². The molecule has 0 unspecified atom stereocenters. The number of unbranched alkanes of at least 4 members (excludes halogenated alkanes) is 15. The summed E-state index contributed by atoms with van der Waals surface area (Å²) in [5.41, 5.74) is 0. The molecule has 1 N–H and O–H groups in total. The maximum atomic E-state index is 11.8. The highest BCUT2D eigenvalue weighted by atomic mass is 16.5. The molecule has 1 amide bonds. The number of carbonyl (C=O) groups is 1. The fourth-order valence-corrected chi connectivity index (χ4v) is 4.06. The van der Waals surface area contributed by atoms with Gasteiger partial charge in [0.15, 0.2) is 0 Å². The van der Waals surface area contributed by atoms with E-state index in [4.69, 9.17) is 4.74 Å². The van der Waals surface area contributed by atoms with Crippen molar-refractivity contribution in [2.24, 2.45) is 0 Å². The van der Waals surface area contributed by atoms with Gasteiger partial charge < -0.3 is 14.5 Å². The van der Waals surface area contributed by atoms with Gasteiger partial charge in [0.25, 0.3) is 0 Å². The second-order valence-corrected chi connectivity index (χ2v) is 10.7. The summed E-state index contributed by atoms with van der Waals surface area (Å²) in [5.74, 6) is 0.177. The van der Waals surface area contributed by atoms with Crippen LogP contribution in [0.1, 0.15) is 129 Å². The second kappa shape index (κ2) is 23.5. The van der Waals surface area contributed by atoms with E-state index >= 15 is 0 Å². The minimum atomic E-state index is 0.177. The van der Waals surface area contributed by atoms with Crippen LogP contribution in [0.25, 0.3) is 0 Å². The summed E-state index contributed by atoms with van der Waals surface area (Å²) in [6.45, 7) is 5.70. The van der Waals surface area contributed by atoms with E-state index in [0.717, 1.165) is 43.6 Å². The zero-order chi connectivity index (χ0) is 23.8. The summed E-state index contributed by atoms with van der Waals surface area (Å²) < 4.78 is 6.62. The average molecular weight is 456 g/mol. The van der Waals surface area contributed by atoms with Crippen LogP contribution >= 0.6 is 0 Å². The molecule has 4 heteroatoms. The number of amides is 1. The van der Waals surface area contributed by atoms with Crippen LogP contribution in [0.15, 0.2) is 0 Å². The molecule has 0 radical (unpaired) electrons. The Morgan fingerprint density at radius 1 is 0.625 bits per heavy atom. The van der Waals surface area contributed by atoms with E-state index in [1.165, 1.54) is 103 Å². The highest BCUT2D eigenvalue weighted by Crippen LogP contribution is 2.13. The van der Waals surface area contributed by atoms with Crippen molar-refractivity contribution in [1.82, 2.24) is 5.32 Å². The van der Waals surface area contributed by atoms with Gasteiger partial charge in [-0.1, -0.05) is 103 Å². The molecular weight excluding hydrogens is 396 g/mol. The smallest absolute Gasteiger partial charge is 0.220 e. The molecule has 0 fully saturated rings. The van der Waals surface area contributed by atoms with Crippen molar-refractivity contribution in [3.8, 4) is 0 Å². The first kappa shape index (κ1) is 31.4. The lowest BCUT2D eigenvalue weighted by molar-refractivity contribution is -0.870. The van der Waals surface area contributed by atoms with E-state index in [0.29, 0.717) is 6.42 Å². The van der Waals surface area contributed by atoms with Gasteiger partial charge >= 0.3 is 0 Å². The fraction of sp³-hybridized carbons (Fsp3) is 0.964. The number of hydrogen-bond donors (Lipinski definition) is 1. The summed E-state index contributed by atoms with van der Waals surface area (Å²) in [7, 11) is 6.48. The molecule has 0 aromatic heterocycles. The van der Waals surface area contributed by atoms with E-state index < -0.39 is 0 Å². The van der Waals surface area contributed by atoms with Crippen LogP contribution in [0.5, 0.6) is 0 Å². The molecule has 0 heterocycles. The Balaban J connectivity index is 3.13. The van der Waals surface area contributed by atoms with Crippen LogP contribution < -0.4 is 5.32 Å². The largest absolute Gasteiger partial charge is 0.381 e. The Labute approximate surface area is 201 Å². The highest BCUT2D eigenvalue weighted by molar-refractivity contribution is 5.75. The molecule has 0 rings (SSSR count). The van der Waals surface area contributed by atoms with Crippen molar-refractivity contribution in [3.05, 3.63) is 0 Å². The topological polar surface area (TPSA) is 38.3 Å². The number of nitrogens with one attached hydrogen (secondary N) is 1. The van der Waals surface area contributed by atoms with Crippen LogP contribution in [0, 0.1) is 0 Å². The molecule has 0 aromatic carbocycles. The van der Waals surface area contributed by atoms with Gasteiger partial charge in [-0.25, -0.2) is 0 Å². The number of quaternary nitrogens is 1. The predicted molar refractivity (Wildman–Crippen MR) is 140 cm³/mol. The summed E-state index contributed by atoms with van der Waals surface area (Å²) >= 11 is 0. The molecule has 0 aliphatic carbocycles. The van der Waals surface area contributed by atoms with Gasteiger partial charge in [0.2, 0.25) is 5.91 Å². The number of ether oxygens (including phenoxy) is 1. The Morgan fingerprint density at radius 2 is 1.06 bits per heavy atom. The fourth-order valence-electron chi connectivity index (χ4n) is 4.06. The maximum Gasteiger partial charge on any atom is 0.220 e. The van der Waals surface area contributed by atoms with E-state index in [1.807, 2.05) is 0 Å². The number of rotatable bonds is 25. The van der Waals surface area contributed by atoms with Gasteiger partial charge in [-0.15, -0.1) is 0 Å². The van der Waals surface area contributed by atoms with Crippen molar-refractivity contribution < 1.29 is 14.0 Å². The molecule has 0 atom stereocenters. The Morgan fingerprint density at radius 3 is 1.53 bits per heavy atom. The molecule has 0 aliphatic rings. The first-order valence-electron chi connectivity index (χ1n) is 14.1. The zero-order valence-electron chi connectivity index (χ0n) is 22.5. The lowest BCUT2D eigenvalue weighted by Gasteiger charge is -2.23. The number of carbonyl (C=O) groups excluding carboxylic acids is 1. The monoisotopic (exact) mass is 455 g/mol. The van der Waals surface area contributed by atoms with Crippen molar-refractivity contribution >= 4 is 5.91 Å². The van der Waals surface area contributed by atoms with Gasteiger partial charge in [0.05, 0.1) is 27.7 Å². The third kappa shape index (κ3) is 27.4. The molecule has 0 aliphatic heterocycles. The first-order valence-corrected chi connectivity index (χ1v) is 14.1. The summed E-state index contributed by atoms with van der Waals surface area (Å²) in [6, 6.07) is 0. The zero-order valence-corrected chi connectivity index (χ0v) is 22.5. The standard InChI is InChI=1S/C28H58N2O2/c1-5-6-7-8-9-10-11-12-13-14-15-16-17-18-19-20-26-32-27-22-24-29-28(31)23-21-25-30(2,3)4/h5-27H2,1-4H3/p+1. The van der Waals surface area contributed by atoms with Crippen molar-refractivity contribution in [3.63, 3.8) is 0 Å². The molecule has 32 heavy (non-hydrogen) atoms. The summed E-state index contributed by atoms with van der Waals surface area (Å²) in [4.78, 5) is 11.8. The van der Waals surface area contributed by atoms with Crippen molar-refractivity contribution in [1.29, 1.82) is 0 Å². The quantitative estimate of drug-likeness (QED) is 0.116. The minimum absolute atomic E-state index is 0.177. The maximum absolute atomic E-state index is 11.8. The second-order valence-electron chi connectivity index (χ2n) is 10.7. The summed E-state index contributed by atoms with van der Waals surface area (Å²) in [5, 5.41) is 3.00. The first-order chi connectivity index (χ1) is 15.5. The lowest BCUT2D eigenvalue weighted by atomic mass is 10.0. The van der Waals surface area contributed by atoms with Crippen LogP contribution in [0.2, 0.25) is 0 Å². The molecule has 4 nitrogen and oxygen atoms in total. The van der Waals surface area contributed by atoms with Crippen LogP contribution in [-0.4, -0.2) is 57.8 Å². The predicted octanol–water partition coefficient (Wildman–Crippen LogP) is 7.26.